The van der Waals surface area contributed by atoms with Crippen molar-refractivity contribution in [1.29, 1.82) is 0 Å². The molecule has 1 aromatic heterocycles. The van der Waals surface area contributed by atoms with Crippen LogP contribution in [0.4, 0.5) is 5.69 Å². The zero-order valence-corrected chi connectivity index (χ0v) is 13.4. The number of benzene rings is 2. The van der Waals surface area contributed by atoms with Gasteiger partial charge in [-0.2, -0.15) is 0 Å². The highest BCUT2D eigenvalue weighted by Crippen LogP contribution is 2.16. The van der Waals surface area contributed by atoms with Crippen LogP contribution in [0.2, 0.25) is 0 Å². The number of anilines is 1. The van der Waals surface area contributed by atoms with E-state index in [1.807, 2.05) is 30.3 Å². The number of hydrogen-bond donors (Lipinski definition) is 2. The predicted molar refractivity (Wildman–Crippen MR) is 93.3 cm³/mol. The molecule has 6 nitrogen and oxygen atoms in total. The summed E-state index contributed by atoms with van der Waals surface area (Å²) in [6.07, 6.45) is 1.00. The van der Waals surface area contributed by atoms with Crippen LogP contribution >= 0.6 is 0 Å². The van der Waals surface area contributed by atoms with Gasteiger partial charge in [0.05, 0.1) is 17.6 Å². The molecule has 1 heterocycles. The molecule has 124 valence electrons. The van der Waals surface area contributed by atoms with E-state index in [1.54, 1.807) is 25.2 Å². The van der Waals surface area contributed by atoms with Crippen LogP contribution < -0.4 is 15.7 Å². The van der Waals surface area contributed by atoms with Gasteiger partial charge in [0.2, 0.25) is 5.91 Å². The van der Waals surface area contributed by atoms with Crippen molar-refractivity contribution in [3.05, 3.63) is 59.0 Å². The van der Waals surface area contributed by atoms with E-state index >= 15 is 0 Å². The van der Waals surface area contributed by atoms with Crippen LogP contribution in [0.25, 0.3) is 11.0 Å². The molecule has 1 amide bonds. The Bertz CT molecular complexity index is 897. The fourth-order valence-corrected chi connectivity index (χ4v) is 2.48. The van der Waals surface area contributed by atoms with Gasteiger partial charge in [-0.25, -0.2) is 4.79 Å². The molecule has 0 saturated heterocycles. The van der Waals surface area contributed by atoms with E-state index in [4.69, 9.17) is 4.74 Å². The van der Waals surface area contributed by atoms with E-state index in [0.29, 0.717) is 30.7 Å². The number of hydrogen-bond acceptors (Lipinski definition) is 3. The number of ether oxygens (including phenoxy) is 1. The van der Waals surface area contributed by atoms with E-state index in [-0.39, 0.29) is 11.6 Å². The molecule has 2 N–H and O–H groups in total. The molecule has 0 saturated carbocycles. The molecule has 0 bridgehead atoms. The van der Waals surface area contributed by atoms with Gasteiger partial charge in [0.1, 0.15) is 5.75 Å². The Morgan fingerprint density at radius 1 is 1.21 bits per heavy atom. The van der Waals surface area contributed by atoms with Crippen LogP contribution in [0.3, 0.4) is 0 Å². The third kappa shape index (κ3) is 3.65. The van der Waals surface area contributed by atoms with Crippen molar-refractivity contribution in [3.8, 4) is 5.75 Å². The number of aromatic nitrogens is 2. The topological polar surface area (TPSA) is 76.1 Å². The van der Waals surface area contributed by atoms with Crippen molar-refractivity contribution in [2.45, 2.75) is 12.8 Å². The molecule has 6 heteroatoms. The second kappa shape index (κ2) is 7.04. The molecule has 3 rings (SSSR count). The Hall–Kier alpha value is -3.02. The lowest BCUT2D eigenvalue weighted by Gasteiger charge is -2.07. The van der Waals surface area contributed by atoms with E-state index in [9.17, 15) is 9.59 Å². The summed E-state index contributed by atoms with van der Waals surface area (Å²) in [5.74, 6) is 0.723. The van der Waals surface area contributed by atoms with Gasteiger partial charge < -0.3 is 15.0 Å². The van der Waals surface area contributed by atoms with Crippen molar-refractivity contribution in [3.63, 3.8) is 0 Å². The predicted octanol–water partition coefficient (Wildman–Crippen LogP) is 2.66. The molecular weight excluding hydrogens is 306 g/mol. The summed E-state index contributed by atoms with van der Waals surface area (Å²) in [6, 6.07) is 14.9. The van der Waals surface area contributed by atoms with Crippen molar-refractivity contribution < 1.29 is 9.53 Å². The number of nitrogens with zero attached hydrogens (tertiary/aromatic N) is 1. The molecule has 0 aliphatic heterocycles. The molecule has 24 heavy (non-hydrogen) atoms. The Kier molecular flexibility index (Phi) is 4.65. The smallest absolute Gasteiger partial charge is 0.326 e. The maximum absolute atomic E-state index is 12.0. The summed E-state index contributed by atoms with van der Waals surface area (Å²) in [5.41, 5.74) is 1.99. The minimum absolute atomic E-state index is 0.0794. The number of carbonyl (C=O) groups excluding carboxylic acids is 1. The molecule has 0 fully saturated rings. The van der Waals surface area contributed by atoms with Crippen LogP contribution in [-0.2, 0) is 11.8 Å². The normalized spacial score (nSPS) is 10.7. The Labute approximate surface area is 139 Å². The molecule has 0 unspecified atom stereocenters. The van der Waals surface area contributed by atoms with Crippen LogP contribution in [-0.4, -0.2) is 22.1 Å². The van der Waals surface area contributed by atoms with Gasteiger partial charge in [0, 0.05) is 19.2 Å². The number of para-hydroxylation sites is 1. The zero-order chi connectivity index (χ0) is 16.9. The largest absolute Gasteiger partial charge is 0.494 e. The number of amides is 1. The van der Waals surface area contributed by atoms with Gasteiger partial charge in [0.25, 0.3) is 0 Å². The molecule has 0 atom stereocenters. The number of aryl methyl sites for hydroxylation is 1. The highest BCUT2D eigenvalue weighted by atomic mass is 16.5. The standard InChI is InChI=1S/C18H19N3O3/c1-21-16-10-9-13(12-15(16)20-18(21)23)19-17(22)8-5-11-24-14-6-3-2-4-7-14/h2-4,6-7,9-10,12H,5,8,11H2,1H3,(H,19,22)(H,20,23). The summed E-state index contributed by atoms with van der Waals surface area (Å²) >= 11 is 0. The molecule has 2 aromatic carbocycles. The Morgan fingerprint density at radius 2 is 2.00 bits per heavy atom. The Balaban J connectivity index is 1.50. The molecule has 0 aliphatic carbocycles. The quantitative estimate of drug-likeness (QED) is 0.684. The van der Waals surface area contributed by atoms with Crippen LogP contribution in [0.5, 0.6) is 5.75 Å². The maximum atomic E-state index is 12.0. The third-order valence-electron chi connectivity index (χ3n) is 3.75. The fraction of sp³-hybridized carbons (Fsp3) is 0.222. The van der Waals surface area contributed by atoms with Gasteiger partial charge in [-0.05, 0) is 36.8 Å². The van der Waals surface area contributed by atoms with Gasteiger partial charge in [-0.1, -0.05) is 18.2 Å². The van der Waals surface area contributed by atoms with Gasteiger partial charge in [-0.15, -0.1) is 0 Å². The summed E-state index contributed by atoms with van der Waals surface area (Å²) in [4.78, 5) is 26.3. The van der Waals surface area contributed by atoms with E-state index in [0.717, 1.165) is 11.3 Å². The lowest BCUT2D eigenvalue weighted by molar-refractivity contribution is -0.116. The third-order valence-corrected chi connectivity index (χ3v) is 3.75. The van der Waals surface area contributed by atoms with Crippen LogP contribution in [0, 0.1) is 0 Å². The first-order valence-corrected chi connectivity index (χ1v) is 7.80. The average Bonchev–Trinajstić information content (AvgIpc) is 2.86. The second-order valence-corrected chi connectivity index (χ2v) is 5.53. The number of aromatic amines is 1. The lowest BCUT2D eigenvalue weighted by Crippen LogP contribution is -2.12. The summed E-state index contributed by atoms with van der Waals surface area (Å²) < 4.78 is 7.09. The van der Waals surface area contributed by atoms with Crippen LogP contribution in [0.15, 0.2) is 53.3 Å². The highest BCUT2D eigenvalue weighted by Gasteiger charge is 2.06. The number of fused-ring (bicyclic) bond motifs is 1. The first kappa shape index (κ1) is 15.9. The summed E-state index contributed by atoms with van der Waals surface area (Å²) in [7, 11) is 1.70. The van der Waals surface area contributed by atoms with E-state index in [1.165, 1.54) is 4.57 Å². The van der Waals surface area contributed by atoms with E-state index < -0.39 is 0 Å². The minimum atomic E-state index is -0.175. The number of imidazole rings is 1. The highest BCUT2D eigenvalue weighted by molar-refractivity contribution is 5.93. The first-order valence-electron chi connectivity index (χ1n) is 7.80. The number of rotatable bonds is 6. The fourth-order valence-electron chi connectivity index (χ4n) is 2.48. The molecule has 0 radical (unpaired) electrons. The van der Waals surface area contributed by atoms with Crippen molar-refractivity contribution >= 4 is 22.6 Å². The summed E-state index contributed by atoms with van der Waals surface area (Å²) in [5, 5.41) is 2.84. The number of H-pyrrole nitrogens is 1. The summed E-state index contributed by atoms with van der Waals surface area (Å²) in [6.45, 7) is 0.489. The van der Waals surface area contributed by atoms with Crippen molar-refractivity contribution in [2.24, 2.45) is 7.05 Å². The number of carbonyl (C=O) groups is 1. The van der Waals surface area contributed by atoms with Crippen LogP contribution in [0.1, 0.15) is 12.8 Å². The monoisotopic (exact) mass is 325 g/mol. The van der Waals surface area contributed by atoms with Crippen molar-refractivity contribution in [1.82, 2.24) is 9.55 Å². The maximum Gasteiger partial charge on any atom is 0.326 e. The van der Waals surface area contributed by atoms with E-state index in [2.05, 4.69) is 10.3 Å². The molecule has 0 aliphatic rings. The van der Waals surface area contributed by atoms with Gasteiger partial charge in [-0.3, -0.25) is 9.36 Å². The van der Waals surface area contributed by atoms with Gasteiger partial charge >= 0.3 is 5.69 Å². The second-order valence-electron chi connectivity index (χ2n) is 5.53. The first-order chi connectivity index (χ1) is 11.6. The molecule has 0 spiro atoms. The Morgan fingerprint density at radius 3 is 2.79 bits per heavy atom. The number of nitrogens with one attached hydrogen (secondary N) is 2. The average molecular weight is 325 g/mol. The molecular formula is C18H19N3O3. The van der Waals surface area contributed by atoms with Gasteiger partial charge in [0.15, 0.2) is 0 Å². The lowest BCUT2D eigenvalue weighted by atomic mass is 10.2. The molecule has 3 aromatic rings. The van der Waals surface area contributed by atoms with Crippen molar-refractivity contribution in [2.75, 3.05) is 11.9 Å². The SMILES string of the molecule is Cn1c(=O)[nH]c2cc(NC(=O)CCCOc3ccccc3)ccc21. The zero-order valence-electron chi connectivity index (χ0n) is 13.4. The minimum Gasteiger partial charge on any atom is -0.494 e.